The lowest BCUT2D eigenvalue weighted by molar-refractivity contribution is 0.0657. The van der Waals surface area contributed by atoms with Gasteiger partial charge in [-0.25, -0.2) is 8.42 Å². The second kappa shape index (κ2) is 9.88. The SMILES string of the molecule is CC(C)OCc1ccc(CNC(=O)c2ccc(NS(=O)(=O)c3cccs3)cc2)cc1. The van der Waals surface area contributed by atoms with Crippen LogP contribution in [-0.2, 0) is 27.9 Å². The highest BCUT2D eigenvalue weighted by molar-refractivity contribution is 7.94. The summed E-state index contributed by atoms with van der Waals surface area (Å²) in [6, 6.07) is 17.4. The van der Waals surface area contributed by atoms with Crippen molar-refractivity contribution in [3.05, 3.63) is 82.7 Å². The number of hydrogen-bond donors (Lipinski definition) is 2. The lowest BCUT2D eigenvalue weighted by atomic mass is 10.1. The number of rotatable bonds is 9. The van der Waals surface area contributed by atoms with E-state index in [2.05, 4.69) is 10.0 Å². The first-order chi connectivity index (χ1) is 14.3. The number of carbonyl (C=O) groups is 1. The molecular formula is C22H24N2O4S2. The van der Waals surface area contributed by atoms with E-state index in [1.165, 1.54) is 0 Å². The standard InChI is InChI=1S/C22H24N2O4S2/c1-16(2)28-15-18-7-5-17(6-8-18)14-23-22(25)19-9-11-20(12-10-19)24-30(26,27)21-4-3-13-29-21/h3-13,16,24H,14-15H2,1-2H3,(H,23,25). The van der Waals surface area contributed by atoms with Crippen LogP contribution in [0.5, 0.6) is 0 Å². The van der Waals surface area contributed by atoms with E-state index in [0.29, 0.717) is 24.4 Å². The van der Waals surface area contributed by atoms with Crippen molar-refractivity contribution in [2.45, 2.75) is 37.3 Å². The first-order valence-electron chi connectivity index (χ1n) is 9.47. The molecule has 0 bridgehead atoms. The molecule has 30 heavy (non-hydrogen) atoms. The summed E-state index contributed by atoms with van der Waals surface area (Å²) >= 11 is 1.14. The maximum atomic E-state index is 12.4. The maximum Gasteiger partial charge on any atom is 0.271 e. The highest BCUT2D eigenvalue weighted by atomic mass is 32.2. The van der Waals surface area contributed by atoms with Crippen LogP contribution in [0.1, 0.15) is 35.3 Å². The molecule has 1 amide bonds. The molecule has 0 aliphatic carbocycles. The third-order valence-corrected chi connectivity index (χ3v) is 7.00. The van der Waals surface area contributed by atoms with Crippen molar-refractivity contribution in [1.29, 1.82) is 0 Å². The molecule has 0 saturated heterocycles. The van der Waals surface area contributed by atoms with Crippen LogP contribution in [-0.4, -0.2) is 20.4 Å². The molecule has 3 rings (SSSR count). The van der Waals surface area contributed by atoms with Gasteiger partial charge in [-0.2, -0.15) is 0 Å². The summed E-state index contributed by atoms with van der Waals surface area (Å²) in [6.07, 6.45) is 0.182. The van der Waals surface area contributed by atoms with Gasteiger partial charge in [-0.3, -0.25) is 9.52 Å². The third kappa shape index (κ3) is 6.16. The average Bonchev–Trinajstić information content (AvgIpc) is 3.27. The van der Waals surface area contributed by atoms with Crippen molar-refractivity contribution in [2.75, 3.05) is 4.72 Å². The Morgan fingerprint density at radius 1 is 1.00 bits per heavy atom. The van der Waals surface area contributed by atoms with Crippen LogP contribution in [0, 0.1) is 0 Å². The highest BCUT2D eigenvalue weighted by Gasteiger charge is 2.15. The van der Waals surface area contributed by atoms with Crippen LogP contribution >= 0.6 is 11.3 Å². The Morgan fingerprint density at radius 3 is 2.27 bits per heavy atom. The molecule has 3 aromatic rings. The molecule has 0 aliphatic heterocycles. The van der Waals surface area contributed by atoms with Crippen molar-refractivity contribution in [3.63, 3.8) is 0 Å². The van der Waals surface area contributed by atoms with E-state index in [9.17, 15) is 13.2 Å². The van der Waals surface area contributed by atoms with Gasteiger partial charge in [0.1, 0.15) is 4.21 Å². The second-order valence-electron chi connectivity index (χ2n) is 6.97. The van der Waals surface area contributed by atoms with E-state index in [0.717, 1.165) is 22.5 Å². The van der Waals surface area contributed by atoms with Gasteiger partial charge in [-0.1, -0.05) is 30.3 Å². The molecule has 2 N–H and O–H groups in total. The first kappa shape index (κ1) is 22.0. The van der Waals surface area contributed by atoms with Gasteiger partial charge in [0.15, 0.2) is 0 Å². The largest absolute Gasteiger partial charge is 0.374 e. The van der Waals surface area contributed by atoms with Crippen molar-refractivity contribution in [2.24, 2.45) is 0 Å². The lowest BCUT2D eigenvalue weighted by Gasteiger charge is -2.10. The third-order valence-electron chi connectivity index (χ3n) is 4.22. The average molecular weight is 445 g/mol. The minimum Gasteiger partial charge on any atom is -0.374 e. The Labute approximate surface area is 181 Å². The number of benzene rings is 2. The van der Waals surface area contributed by atoms with Crippen LogP contribution in [0.25, 0.3) is 0 Å². The highest BCUT2D eigenvalue weighted by Crippen LogP contribution is 2.20. The predicted octanol–water partition coefficient (Wildman–Crippen LogP) is 4.40. The zero-order valence-corrected chi connectivity index (χ0v) is 18.4. The molecule has 0 saturated carbocycles. The summed E-state index contributed by atoms with van der Waals surface area (Å²) in [7, 11) is -3.60. The van der Waals surface area contributed by atoms with Gasteiger partial charge in [0.05, 0.1) is 12.7 Å². The van der Waals surface area contributed by atoms with Crippen molar-refractivity contribution in [3.8, 4) is 0 Å². The fourth-order valence-corrected chi connectivity index (χ4v) is 4.66. The van der Waals surface area contributed by atoms with Gasteiger partial charge in [0, 0.05) is 17.8 Å². The number of ether oxygens (including phenoxy) is 1. The Morgan fingerprint density at radius 2 is 1.67 bits per heavy atom. The summed E-state index contributed by atoms with van der Waals surface area (Å²) in [5, 5.41) is 4.57. The van der Waals surface area contributed by atoms with Crippen molar-refractivity contribution < 1.29 is 17.9 Å². The van der Waals surface area contributed by atoms with Gasteiger partial charge in [0.2, 0.25) is 0 Å². The molecule has 0 spiro atoms. The molecule has 1 heterocycles. The number of anilines is 1. The summed E-state index contributed by atoms with van der Waals surface area (Å²) in [4.78, 5) is 12.4. The zero-order valence-electron chi connectivity index (χ0n) is 16.8. The molecule has 0 atom stereocenters. The van der Waals surface area contributed by atoms with E-state index in [4.69, 9.17) is 4.74 Å². The summed E-state index contributed by atoms with van der Waals surface area (Å²) in [5.41, 5.74) is 2.92. The molecule has 8 heteroatoms. The van der Waals surface area contributed by atoms with Crippen LogP contribution in [0.4, 0.5) is 5.69 Å². The fourth-order valence-electron chi connectivity index (χ4n) is 2.61. The second-order valence-corrected chi connectivity index (χ2v) is 9.83. The van der Waals surface area contributed by atoms with Gasteiger partial charge in [-0.05, 0) is 60.7 Å². The van der Waals surface area contributed by atoms with E-state index >= 15 is 0 Å². The number of sulfonamides is 1. The van der Waals surface area contributed by atoms with Gasteiger partial charge in [-0.15, -0.1) is 11.3 Å². The molecule has 0 radical (unpaired) electrons. The molecule has 0 aliphatic rings. The normalized spacial score (nSPS) is 11.4. The molecule has 158 valence electrons. The lowest BCUT2D eigenvalue weighted by Crippen LogP contribution is -2.22. The number of hydrogen-bond acceptors (Lipinski definition) is 5. The maximum absolute atomic E-state index is 12.4. The smallest absolute Gasteiger partial charge is 0.271 e. The van der Waals surface area contributed by atoms with Crippen LogP contribution < -0.4 is 10.0 Å². The molecule has 6 nitrogen and oxygen atoms in total. The summed E-state index contributed by atoms with van der Waals surface area (Å²) in [5.74, 6) is -0.227. The van der Waals surface area contributed by atoms with Crippen LogP contribution in [0.3, 0.4) is 0 Å². The van der Waals surface area contributed by atoms with E-state index in [-0.39, 0.29) is 16.2 Å². The Balaban J connectivity index is 1.53. The quantitative estimate of drug-likeness (QED) is 0.512. The van der Waals surface area contributed by atoms with Crippen molar-refractivity contribution >= 4 is 33.0 Å². The van der Waals surface area contributed by atoms with Crippen molar-refractivity contribution in [1.82, 2.24) is 5.32 Å². The fraction of sp³-hybridized carbons (Fsp3) is 0.227. The number of amides is 1. The zero-order chi connectivity index (χ0) is 21.6. The number of carbonyl (C=O) groups excluding carboxylic acids is 1. The van der Waals surface area contributed by atoms with E-state index in [1.807, 2.05) is 38.1 Å². The monoisotopic (exact) mass is 444 g/mol. The molecular weight excluding hydrogens is 420 g/mol. The summed E-state index contributed by atoms with van der Waals surface area (Å²) < 4.78 is 32.8. The Bertz CT molecular complexity index is 1060. The minimum absolute atomic E-state index is 0.182. The van der Waals surface area contributed by atoms with Crippen LogP contribution in [0.15, 0.2) is 70.3 Å². The molecule has 0 fully saturated rings. The van der Waals surface area contributed by atoms with Gasteiger partial charge >= 0.3 is 0 Å². The van der Waals surface area contributed by atoms with Gasteiger partial charge in [0.25, 0.3) is 15.9 Å². The summed E-state index contributed by atoms with van der Waals surface area (Å²) in [6.45, 7) is 4.95. The molecule has 2 aromatic carbocycles. The number of thiophene rings is 1. The first-order valence-corrected chi connectivity index (χ1v) is 11.8. The minimum atomic E-state index is -3.60. The topological polar surface area (TPSA) is 84.5 Å². The molecule has 1 aromatic heterocycles. The van der Waals surface area contributed by atoms with Crippen LogP contribution in [0.2, 0.25) is 0 Å². The Hall–Kier alpha value is -2.68. The van der Waals surface area contributed by atoms with E-state index in [1.54, 1.807) is 41.8 Å². The van der Waals surface area contributed by atoms with Gasteiger partial charge < -0.3 is 10.1 Å². The van der Waals surface area contributed by atoms with E-state index < -0.39 is 10.0 Å². The Kier molecular flexibility index (Phi) is 7.25. The number of nitrogens with one attached hydrogen (secondary N) is 2. The molecule has 0 unspecified atom stereocenters. The predicted molar refractivity (Wildman–Crippen MR) is 119 cm³/mol.